The number of hydrogen-bond acceptors (Lipinski definition) is 2. The summed E-state index contributed by atoms with van der Waals surface area (Å²) in [6.45, 7) is 9.07. The normalized spacial score (nSPS) is 16.6. The highest BCUT2D eigenvalue weighted by Crippen LogP contribution is 2.19. The zero-order chi connectivity index (χ0) is 10.4. The molecule has 0 aliphatic carbocycles. The molecule has 13 heavy (non-hydrogen) atoms. The fourth-order valence-corrected chi connectivity index (χ4v) is 1.82. The smallest absolute Gasteiger partial charge is 0.0476 e. The summed E-state index contributed by atoms with van der Waals surface area (Å²) >= 11 is 0. The van der Waals surface area contributed by atoms with E-state index in [9.17, 15) is 5.11 Å². The maximum Gasteiger partial charge on any atom is 0.0476 e. The first-order valence-electron chi connectivity index (χ1n) is 5.31. The first kappa shape index (κ1) is 12.9. The minimum absolute atomic E-state index is 0.288. The highest BCUT2D eigenvalue weighted by Gasteiger charge is 2.22. The molecule has 0 aromatic carbocycles. The second-order valence-electron chi connectivity index (χ2n) is 4.62. The van der Waals surface area contributed by atoms with Crippen LogP contribution >= 0.6 is 0 Å². The summed E-state index contributed by atoms with van der Waals surface area (Å²) in [5.74, 6) is 1.61. The molecule has 0 saturated heterocycles. The third-order valence-electron chi connectivity index (χ3n) is 2.68. The van der Waals surface area contributed by atoms with Gasteiger partial charge in [-0.1, -0.05) is 27.7 Å². The molecule has 0 spiro atoms. The fourth-order valence-electron chi connectivity index (χ4n) is 1.82. The Morgan fingerprint density at radius 1 is 1.15 bits per heavy atom. The second kappa shape index (κ2) is 6.39. The fraction of sp³-hybridized carbons (Fsp3) is 1.00. The van der Waals surface area contributed by atoms with Crippen LogP contribution in [0.3, 0.4) is 0 Å². The minimum atomic E-state index is 0.288. The summed E-state index contributed by atoms with van der Waals surface area (Å²) in [5, 5.41) is 12.6. The molecule has 0 heterocycles. The first-order chi connectivity index (χ1) is 6.02. The van der Waals surface area contributed by atoms with Crippen molar-refractivity contribution in [3.8, 4) is 0 Å². The summed E-state index contributed by atoms with van der Waals surface area (Å²) in [7, 11) is 1.98. The van der Waals surface area contributed by atoms with Crippen molar-refractivity contribution in [3.05, 3.63) is 0 Å². The Morgan fingerprint density at radius 3 is 1.92 bits per heavy atom. The Balaban J connectivity index is 4.16. The lowest BCUT2D eigenvalue weighted by Gasteiger charge is -2.29. The monoisotopic (exact) mass is 187 g/mol. The van der Waals surface area contributed by atoms with Gasteiger partial charge in [-0.15, -0.1) is 0 Å². The van der Waals surface area contributed by atoms with Gasteiger partial charge in [-0.25, -0.2) is 0 Å². The zero-order valence-electron chi connectivity index (χ0n) is 9.67. The lowest BCUT2D eigenvalue weighted by Crippen LogP contribution is -2.39. The molecule has 2 nitrogen and oxygen atoms in total. The van der Waals surface area contributed by atoms with Gasteiger partial charge < -0.3 is 10.4 Å². The average molecular weight is 187 g/mol. The molecule has 2 N–H and O–H groups in total. The van der Waals surface area contributed by atoms with Crippen molar-refractivity contribution in [3.63, 3.8) is 0 Å². The van der Waals surface area contributed by atoms with Gasteiger partial charge in [0.25, 0.3) is 0 Å². The van der Waals surface area contributed by atoms with Crippen molar-refractivity contribution in [2.24, 2.45) is 17.8 Å². The van der Waals surface area contributed by atoms with E-state index in [1.807, 2.05) is 7.05 Å². The molecule has 80 valence electrons. The first-order valence-corrected chi connectivity index (χ1v) is 5.31. The number of aliphatic hydroxyl groups excluding tert-OH is 1. The van der Waals surface area contributed by atoms with Crippen LogP contribution < -0.4 is 5.32 Å². The predicted octanol–water partition coefficient (Wildman–Crippen LogP) is 1.88. The van der Waals surface area contributed by atoms with Crippen LogP contribution in [0, 0.1) is 17.8 Å². The molecule has 2 atom stereocenters. The lowest BCUT2D eigenvalue weighted by molar-refractivity contribution is 0.143. The molecule has 0 saturated carbocycles. The van der Waals surface area contributed by atoms with Gasteiger partial charge in [-0.05, 0) is 31.2 Å². The molecule has 0 aromatic heterocycles. The minimum Gasteiger partial charge on any atom is -0.396 e. The highest BCUT2D eigenvalue weighted by atomic mass is 16.3. The zero-order valence-corrected chi connectivity index (χ0v) is 9.67. The number of aliphatic hydroxyl groups is 1. The Labute approximate surface area is 82.7 Å². The third kappa shape index (κ3) is 4.63. The summed E-state index contributed by atoms with van der Waals surface area (Å²) < 4.78 is 0. The number of nitrogens with one attached hydrogen (secondary N) is 1. The van der Waals surface area contributed by atoms with E-state index in [0.29, 0.717) is 23.8 Å². The largest absolute Gasteiger partial charge is 0.396 e. The van der Waals surface area contributed by atoms with E-state index in [1.165, 1.54) is 0 Å². The molecule has 2 heteroatoms. The third-order valence-corrected chi connectivity index (χ3v) is 2.68. The molecule has 0 aliphatic heterocycles. The second-order valence-corrected chi connectivity index (χ2v) is 4.62. The van der Waals surface area contributed by atoms with Gasteiger partial charge in [-0.2, -0.15) is 0 Å². The summed E-state index contributed by atoms with van der Waals surface area (Å²) in [6, 6.07) is 0.449. The van der Waals surface area contributed by atoms with Crippen LogP contribution in [0.4, 0.5) is 0 Å². The van der Waals surface area contributed by atoms with E-state index >= 15 is 0 Å². The van der Waals surface area contributed by atoms with Crippen molar-refractivity contribution in [1.82, 2.24) is 5.32 Å². The van der Waals surface area contributed by atoms with Gasteiger partial charge in [0.1, 0.15) is 0 Å². The molecule has 0 fully saturated rings. The van der Waals surface area contributed by atoms with E-state index < -0.39 is 0 Å². The van der Waals surface area contributed by atoms with Crippen LogP contribution in [0.5, 0.6) is 0 Å². The van der Waals surface area contributed by atoms with E-state index in [-0.39, 0.29) is 6.61 Å². The number of hydrogen-bond donors (Lipinski definition) is 2. The maximum atomic E-state index is 9.27. The van der Waals surface area contributed by atoms with Crippen LogP contribution in [0.25, 0.3) is 0 Å². The van der Waals surface area contributed by atoms with Crippen molar-refractivity contribution in [2.75, 3.05) is 13.7 Å². The highest BCUT2D eigenvalue weighted by molar-refractivity contribution is 4.77. The Bertz CT molecular complexity index is 123. The van der Waals surface area contributed by atoms with Crippen molar-refractivity contribution in [2.45, 2.75) is 40.2 Å². The van der Waals surface area contributed by atoms with E-state index in [0.717, 1.165) is 6.42 Å². The summed E-state index contributed by atoms with van der Waals surface area (Å²) in [4.78, 5) is 0. The van der Waals surface area contributed by atoms with Gasteiger partial charge in [-0.3, -0.25) is 0 Å². The average Bonchev–Trinajstić information content (AvgIpc) is 2.02. The standard InChI is InChI=1S/C11H25NO/c1-8(2)6-11(12-5)10(7-13)9(3)4/h8-13H,6-7H2,1-5H3. The van der Waals surface area contributed by atoms with Crippen molar-refractivity contribution >= 4 is 0 Å². The maximum absolute atomic E-state index is 9.27. The molecule has 0 bridgehead atoms. The topological polar surface area (TPSA) is 32.3 Å². The van der Waals surface area contributed by atoms with E-state index in [1.54, 1.807) is 0 Å². The van der Waals surface area contributed by atoms with Gasteiger partial charge in [0.05, 0.1) is 0 Å². The summed E-state index contributed by atoms with van der Waals surface area (Å²) in [6.07, 6.45) is 1.14. The van der Waals surface area contributed by atoms with Gasteiger partial charge in [0.15, 0.2) is 0 Å². The SMILES string of the molecule is CNC(CC(C)C)C(CO)C(C)C. The predicted molar refractivity (Wildman–Crippen MR) is 57.7 cm³/mol. The molecule has 0 radical (unpaired) electrons. The van der Waals surface area contributed by atoms with E-state index in [2.05, 4.69) is 33.0 Å². The molecule has 0 rings (SSSR count). The Morgan fingerprint density at radius 2 is 1.69 bits per heavy atom. The van der Waals surface area contributed by atoms with Gasteiger partial charge in [0.2, 0.25) is 0 Å². The van der Waals surface area contributed by atoms with Crippen LogP contribution in [-0.4, -0.2) is 24.8 Å². The molecule has 0 aliphatic rings. The van der Waals surface area contributed by atoms with E-state index in [4.69, 9.17) is 0 Å². The van der Waals surface area contributed by atoms with Crippen LogP contribution in [-0.2, 0) is 0 Å². The van der Waals surface area contributed by atoms with Crippen molar-refractivity contribution in [1.29, 1.82) is 0 Å². The van der Waals surface area contributed by atoms with Gasteiger partial charge >= 0.3 is 0 Å². The van der Waals surface area contributed by atoms with Crippen molar-refractivity contribution < 1.29 is 5.11 Å². The quantitative estimate of drug-likeness (QED) is 0.665. The summed E-state index contributed by atoms with van der Waals surface area (Å²) in [5.41, 5.74) is 0. The molecular weight excluding hydrogens is 162 g/mol. The van der Waals surface area contributed by atoms with Crippen LogP contribution in [0.1, 0.15) is 34.1 Å². The Hall–Kier alpha value is -0.0800. The lowest BCUT2D eigenvalue weighted by atomic mass is 9.85. The van der Waals surface area contributed by atoms with Crippen LogP contribution in [0.15, 0.2) is 0 Å². The molecule has 2 unspecified atom stereocenters. The van der Waals surface area contributed by atoms with Crippen LogP contribution in [0.2, 0.25) is 0 Å². The van der Waals surface area contributed by atoms with Gasteiger partial charge in [0, 0.05) is 12.6 Å². The molecular formula is C11H25NO. The number of rotatable bonds is 6. The molecule has 0 aromatic rings. The Kier molecular flexibility index (Phi) is 6.35. The molecule has 0 amide bonds.